The Morgan fingerprint density at radius 1 is 1.00 bits per heavy atom. The first-order valence-electron chi connectivity index (χ1n) is 4.28. The summed E-state index contributed by atoms with van der Waals surface area (Å²) < 4.78 is 7.55. The van der Waals surface area contributed by atoms with Gasteiger partial charge in [-0.2, -0.15) is 0 Å². The molecule has 4 heteroatoms. The molecule has 1 heterocycles. The molecule has 0 aliphatic carbocycles. The Kier molecular flexibility index (Phi) is 3.38. The van der Waals surface area contributed by atoms with Crippen molar-refractivity contribution < 1.29 is 4.74 Å². The van der Waals surface area contributed by atoms with Crippen molar-refractivity contribution in [1.82, 2.24) is 4.98 Å². The Labute approximate surface area is 105 Å². The van der Waals surface area contributed by atoms with Crippen LogP contribution in [0.15, 0.2) is 51.7 Å². The first kappa shape index (κ1) is 10.6. The summed E-state index contributed by atoms with van der Waals surface area (Å²) in [5, 5.41) is 0. The lowest BCUT2D eigenvalue weighted by Gasteiger charge is -2.05. The van der Waals surface area contributed by atoms with E-state index >= 15 is 0 Å². The van der Waals surface area contributed by atoms with Gasteiger partial charge in [-0.1, -0.05) is 31.9 Å². The van der Waals surface area contributed by atoms with Gasteiger partial charge in [0.15, 0.2) is 0 Å². The van der Waals surface area contributed by atoms with Crippen molar-refractivity contribution in [2.24, 2.45) is 0 Å². The van der Waals surface area contributed by atoms with E-state index in [9.17, 15) is 0 Å². The van der Waals surface area contributed by atoms with E-state index in [0.717, 1.165) is 20.4 Å². The van der Waals surface area contributed by atoms with Crippen LogP contribution in [-0.2, 0) is 0 Å². The summed E-state index contributed by atoms with van der Waals surface area (Å²) in [4.78, 5) is 3.98. The lowest BCUT2D eigenvalue weighted by molar-refractivity contribution is 0.479. The summed E-state index contributed by atoms with van der Waals surface area (Å²) in [5.74, 6) is 1.49. The number of nitrogens with zero attached hydrogens (tertiary/aromatic N) is 1. The molecule has 2 nitrogen and oxygen atoms in total. The van der Waals surface area contributed by atoms with Crippen molar-refractivity contribution >= 4 is 31.9 Å². The van der Waals surface area contributed by atoms with Gasteiger partial charge in [-0.15, -0.1) is 0 Å². The van der Waals surface area contributed by atoms with E-state index in [1.54, 1.807) is 12.4 Å². The molecule has 0 fully saturated rings. The standard InChI is InChI=1S/C11H7Br2NO/c12-8-4-9(13)6-11(5-8)15-10-2-1-3-14-7-10/h1-7H. The molecule has 1 aromatic heterocycles. The molecule has 2 rings (SSSR count). The van der Waals surface area contributed by atoms with E-state index in [1.807, 2.05) is 30.3 Å². The number of hydrogen-bond acceptors (Lipinski definition) is 2. The highest BCUT2D eigenvalue weighted by atomic mass is 79.9. The minimum absolute atomic E-state index is 0.725. The second kappa shape index (κ2) is 4.77. The van der Waals surface area contributed by atoms with Gasteiger partial charge < -0.3 is 4.74 Å². The summed E-state index contributed by atoms with van der Waals surface area (Å²) in [6, 6.07) is 9.45. The number of ether oxygens (including phenoxy) is 1. The number of halogens is 2. The normalized spacial score (nSPS) is 10.0. The van der Waals surface area contributed by atoms with Gasteiger partial charge in [0.05, 0.1) is 6.20 Å². The minimum atomic E-state index is 0.725. The highest BCUT2D eigenvalue weighted by molar-refractivity contribution is 9.11. The van der Waals surface area contributed by atoms with Gasteiger partial charge in [0.2, 0.25) is 0 Å². The van der Waals surface area contributed by atoms with E-state index in [-0.39, 0.29) is 0 Å². The molecule has 0 N–H and O–H groups in total. The second-order valence-corrected chi connectivity index (χ2v) is 4.73. The molecule has 0 saturated heterocycles. The maximum absolute atomic E-state index is 5.62. The van der Waals surface area contributed by atoms with Crippen molar-refractivity contribution in [3.05, 3.63) is 51.7 Å². The number of pyridine rings is 1. The van der Waals surface area contributed by atoms with Crippen molar-refractivity contribution in [3.8, 4) is 11.5 Å². The van der Waals surface area contributed by atoms with Gasteiger partial charge >= 0.3 is 0 Å². The Morgan fingerprint density at radius 2 is 1.73 bits per heavy atom. The van der Waals surface area contributed by atoms with Gasteiger partial charge in [0.25, 0.3) is 0 Å². The molecule has 0 amide bonds. The lowest BCUT2D eigenvalue weighted by Crippen LogP contribution is -1.84. The van der Waals surface area contributed by atoms with Crippen molar-refractivity contribution in [2.45, 2.75) is 0 Å². The molecular weight excluding hydrogens is 322 g/mol. The molecule has 0 atom stereocenters. The summed E-state index contributed by atoms with van der Waals surface area (Å²) in [5.41, 5.74) is 0. The van der Waals surface area contributed by atoms with E-state index in [0.29, 0.717) is 0 Å². The van der Waals surface area contributed by atoms with Crippen LogP contribution in [0.4, 0.5) is 0 Å². The second-order valence-electron chi connectivity index (χ2n) is 2.90. The number of rotatable bonds is 2. The van der Waals surface area contributed by atoms with E-state index in [4.69, 9.17) is 4.74 Å². The number of benzene rings is 1. The van der Waals surface area contributed by atoms with Crippen molar-refractivity contribution in [2.75, 3.05) is 0 Å². The van der Waals surface area contributed by atoms with Gasteiger partial charge in [-0.3, -0.25) is 4.98 Å². The fraction of sp³-hybridized carbons (Fsp3) is 0. The largest absolute Gasteiger partial charge is 0.456 e. The van der Waals surface area contributed by atoms with Gasteiger partial charge in [0, 0.05) is 15.1 Å². The summed E-state index contributed by atoms with van der Waals surface area (Å²) >= 11 is 6.80. The van der Waals surface area contributed by atoms with Crippen molar-refractivity contribution in [3.63, 3.8) is 0 Å². The zero-order valence-electron chi connectivity index (χ0n) is 7.65. The molecule has 0 aliphatic rings. The number of aromatic nitrogens is 1. The van der Waals surface area contributed by atoms with Crippen LogP contribution in [-0.4, -0.2) is 4.98 Å². The molecule has 1 aromatic carbocycles. The maximum Gasteiger partial charge on any atom is 0.145 e. The SMILES string of the molecule is Brc1cc(Br)cc(Oc2cccnc2)c1. The molecule has 0 saturated carbocycles. The summed E-state index contributed by atoms with van der Waals surface area (Å²) in [7, 11) is 0. The molecule has 0 radical (unpaired) electrons. The topological polar surface area (TPSA) is 22.1 Å². The zero-order valence-corrected chi connectivity index (χ0v) is 10.8. The lowest BCUT2D eigenvalue weighted by atomic mass is 10.3. The molecule has 0 unspecified atom stereocenters. The van der Waals surface area contributed by atoms with Crippen LogP contribution in [0.5, 0.6) is 11.5 Å². The Morgan fingerprint density at radius 3 is 2.33 bits per heavy atom. The van der Waals surface area contributed by atoms with Gasteiger partial charge in [-0.25, -0.2) is 0 Å². The first-order valence-corrected chi connectivity index (χ1v) is 5.86. The molecule has 15 heavy (non-hydrogen) atoms. The number of hydrogen-bond donors (Lipinski definition) is 0. The predicted molar refractivity (Wildman–Crippen MR) is 66.2 cm³/mol. The molecule has 0 bridgehead atoms. The average Bonchev–Trinajstić information content (AvgIpc) is 2.17. The minimum Gasteiger partial charge on any atom is -0.456 e. The monoisotopic (exact) mass is 327 g/mol. The summed E-state index contributed by atoms with van der Waals surface area (Å²) in [6.07, 6.45) is 3.39. The third kappa shape index (κ3) is 3.04. The Bertz CT molecular complexity index is 439. The van der Waals surface area contributed by atoms with Crippen LogP contribution in [0, 0.1) is 0 Å². The highest BCUT2D eigenvalue weighted by Crippen LogP contribution is 2.28. The zero-order chi connectivity index (χ0) is 10.7. The fourth-order valence-electron chi connectivity index (χ4n) is 1.13. The van der Waals surface area contributed by atoms with Crippen LogP contribution in [0.1, 0.15) is 0 Å². The smallest absolute Gasteiger partial charge is 0.145 e. The highest BCUT2D eigenvalue weighted by Gasteiger charge is 2.00. The quantitative estimate of drug-likeness (QED) is 0.815. The molecule has 2 aromatic rings. The molecule has 0 aliphatic heterocycles. The first-order chi connectivity index (χ1) is 7.24. The average molecular weight is 329 g/mol. The van der Waals surface area contributed by atoms with Gasteiger partial charge in [0.1, 0.15) is 11.5 Å². The van der Waals surface area contributed by atoms with Crippen LogP contribution in [0.3, 0.4) is 0 Å². The van der Waals surface area contributed by atoms with E-state index in [2.05, 4.69) is 36.8 Å². The Balaban J connectivity index is 2.25. The van der Waals surface area contributed by atoms with E-state index < -0.39 is 0 Å². The van der Waals surface area contributed by atoms with Crippen LogP contribution >= 0.6 is 31.9 Å². The third-order valence-corrected chi connectivity index (χ3v) is 2.62. The summed E-state index contributed by atoms with van der Waals surface area (Å²) in [6.45, 7) is 0. The molecule has 0 spiro atoms. The van der Waals surface area contributed by atoms with E-state index in [1.165, 1.54) is 0 Å². The maximum atomic E-state index is 5.62. The fourth-order valence-corrected chi connectivity index (χ4v) is 2.38. The van der Waals surface area contributed by atoms with Crippen molar-refractivity contribution in [1.29, 1.82) is 0 Å². The predicted octanol–water partition coefficient (Wildman–Crippen LogP) is 4.40. The van der Waals surface area contributed by atoms with Crippen LogP contribution in [0.25, 0.3) is 0 Å². The molecular formula is C11H7Br2NO. The van der Waals surface area contributed by atoms with Gasteiger partial charge in [-0.05, 0) is 30.3 Å². The van der Waals surface area contributed by atoms with Crippen LogP contribution in [0.2, 0.25) is 0 Å². The van der Waals surface area contributed by atoms with Crippen LogP contribution < -0.4 is 4.74 Å². The third-order valence-electron chi connectivity index (χ3n) is 1.71. The molecule has 76 valence electrons. The Hall–Kier alpha value is -0.870.